The number of methoxy groups -OCH3 is 1. The van der Waals surface area contributed by atoms with Crippen LogP contribution in [0.3, 0.4) is 0 Å². The van der Waals surface area contributed by atoms with Crippen molar-refractivity contribution in [2.45, 2.75) is 25.3 Å². The van der Waals surface area contributed by atoms with Crippen LogP contribution in [0.4, 0.5) is 0 Å². The number of hydrogen-bond acceptors (Lipinski definition) is 5. The van der Waals surface area contributed by atoms with Gasteiger partial charge in [0.1, 0.15) is 17.1 Å². The molecular weight excluding hydrogens is 284 g/mol. The molecule has 22 heavy (non-hydrogen) atoms. The van der Waals surface area contributed by atoms with Gasteiger partial charge in [0, 0.05) is 39.4 Å². The Morgan fingerprint density at radius 1 is 1.32 bits per heavy atom. The summed E-state index contributed by atoms with van der Waals surface area (Å²) in [6.07, 6.45) is 2.75. The van der Waals surface area contributed by atoms with Gasteiger partial charge in [0.2, 0.25) is 0 Å². The van der Waals surface area contributed by atoms with Crippen molar-refractivity contribution in [1.82, 2.24) is 10.2 Å². The van der Waals surface area contributed by atoms with E-state index < -0.39 is 5.91 Å². The van der Waals surface area contributed by atoms with E-state index in [9.17, 15) is 15.0 Å². The summed E-state index contributed by atoms with van der Waals surface area (Å²) in [6.45, 7) is 3.64. The fourth-order valence-corrected chi connectivity index (χ4v) is 2.75. The van der Waals surface area contributed by atoms with Gasteiger partial charge < -0.3 is 25.2 Å². The van der Waals surface area contributed by atoms with Crippen molar-refractivity contribution in [3.05, 3.63) is 23.8 Å². The van der Waals surface area contributed by atoms with Gasteiger partial charge in [-0.25, -0.2) is 0 Å². The van der Waals surface area contributed by atoms with Gasteiger partial charge in [0.25, 0.3) is 5.91 Å². The topological polar surface area (TPSA) is 82.0 Å². The second-order valence-electron chi connectivity index (χ2n) is 5.61. The number of phenols is 2. The van der Waals surface area contributed by atoms with Crippen LogP contribution < -0.4 is 5.32 Å². The molecule has 0 radical (unpaired) electrons. The highest BCUT2D eigenvalue weighted by molar-refractivity contribution is 5.99. The van der Waals surface area contributed by atoms with Gasteiger partial charge in [-0.3, -0.25) is 4.79 Å². The third kappa shape index (κ3) is 4.35. The smallest absolute Gasteiger partial charge is 0.259 e. The number of carbonyl (C=O) groups excluding carboxylic acids is 1. The van der Waals surface area contributed by atoms with E-state index in [-0.39, 0.29) is 23.1 Å². The summed E-state index contributed by atoms with van der Waals surface area (Å²) in [4.78, 5) is 14.5. The second-order valence-corrected chi connectivity index (χ2v) is 5.61. The molecule has 122 valence electrons. The van der Waals surface area contributed by atoms with Gasteiger partial charge in [-0.15, -0.1) is 0 Å². The van der Waals surface area contributed by atoms with Crippen molar-refractivity contribution in [1.29, 1.82) is 0 Å². The third-order valence-electron chi connectivity index (χ3n) is 3.99. The zero-order chi connectivity index (χ0) is 15.9. The minimum atomic E-state index is -0.423. The minimum Gasteiger partial charge on any atom is -0.507 e. The molecule has 1 aromatic carbocycles. The fourth-order valence-electron chi connectivity index (χ4n) is 2.75. The van der Waals surface area contributed by atoms with Crippen LogP contribution in [-0.4, -0.2) is 60.4 Å². The first kappa shape index (κ1) is 16.6. The Kier molecular flexibility index (Phi) is 6.03. The molecule has 0 bridgehead atoms. The molecule has 0 unspecified atom stereocenters. The molecular formula is C16H24N2O4. The van der Waals surface area contributed by atoms with E-state index in [2.05, 4.69) is 10.2 Å². The highest BCUT2D eigenvalue weighted by atomic mass is 16.5. The number of nitrogens with one attached hydrogen (secondary N) is 1. The maximum atomic E-state index is 12.2. The Labute approximate surface area is 130 Å². The van der Waals surface area contributed by atoms with E-state index in [1.165, 1.54) is 18.2 Å². The molecule has 0 spiro atoms. The van der Waals surface area contributed by atoms with Crippen LogP contribution >= 0.6 is 0 Å². The zero-order valence-electron chi connectivity index (χ0n) is 12.9. The van der Waals surface area contributed by atoms with E-state index in [1.54, 1.807) is 7.11 Å². The fraction of sp³-hybridized carbons (Fsp3) is 0.562. The predicted molar refractivity (Wildman–Crippen MR) is 83.2 cm³/mol. The molecule has 3 N–H and O–H groups in total. The first-order chi connectivity index (χ1) is 10.6. The first-order valence-electron chi connectivity index (χ1n) is 7.65. The van der Waals surface area contributed by atoms with Crippen LogP contribution in [0.5, 0.6) is 11.5 Å². The zero-order valence-corrected chi connectivity index (χ0v) is 12.9. The van der Waals surface area contributed by atoms with Crippen molar-refractivity contribution in [3.63, 3.8) is 0 Å². The van der Waals surface area contributed by atoms with Crippen molar-refractivity contribution in [2.24, 2.45) is 0 Å². The average molecular weight is 308 g/mol. The van der Waals surface area contributed by atoms with Crippen LogP contribution in [0, 0.1) is 0 Å². The maximum absolute atomic E-state index is 12.2. The van der Waals surface area contributed by atoms with Crippen LogP contribution in [0.2, 0.25) is 0 Å². The number of likely N-dealkylation sites (tertiary alicyclic amines) is 1. The van der Waals surface area contributed by atoms with Crippen LogP contribution in [0.25, 0.3) is 0 Å². The van der Waals surface area contributed by atoms with Gasteiger partial charge in [0.05, 0.1) is 0 Å². The summed E-state index contributed by atoms with van der Waals surface area (Å²) in [5.41, 5.74) is -0.0509. The largest absolute Gasteiger partial charge is 0.507 e. The number of amides is 1. The number of hydrogen-bond donors (Lipinski definition) is 3. The van der Waals surface area contributed by atoms with Gasteiger partial charge in [-0.05, 0) is 31.4 Å². The molecule has 1 amide bonds. The summed E-state index contributed by atoms with van der Waals surface area (Å²) in [7, 11) is 1.70. The van der Waals surface area contributed by atoms with Crippen LogP contribution in [0.15, 0.2) is 18.2 Å². The quantitative estimate of drug-likeness (QED) is 0.691. The molecule has 1 aromatic rings. The Morgan fingerprint density at radius 3 is 2.55 bits per heavy atom. The minimum absolute atomic E-state index is 0.0509. The normalized spacial score (nSPS) is 16.6. The number of aromatic hydroxyl groups is 2. The monoisotopic (exact) mass is 308 g/mol. The molecule has 0 aromatic heterocycles. The lowest BCUT2D eigenvalue weighted by molar-refractivity contribution is 0.0901. The van der Waals surface area contributed by atoms with E-state index in [0.717, 1.165) is 45.5 Å². The Bertz CT molecular complexity index is 479. The number of piperidine rings is 1. The van der Waals surface area contributed by atoms with Crippen molar-refractivity contribution >= 4 is 5.91 Å². The molecule has 1 saturated heterocycles. The van der Waals surface area contributed by atoms with Gasteiger partial charge >= 0.3 is 0 Å². The van der Waals surface area contributed by atoms with Crippen molar-refractivity contribution < 1.29 is 19.7 Å². The van der Waals surface area contributed by atoms with Gasteiger partial charge in [0.15, 0.2) is 0 Å². The van der Waals surface area contributed by atoms with Crippen molar-refractivity contribution in [2.75, 3.05) is 33.4 Å². The molecule has 0 atom stereocenters. The van der Waals surface area contributed by atoms with Gasteiger partial charge in [-0.1, -0.05) is 6.07 Å². The number of carbonyl (C=O) groups is 1. The van der Waals surface area contributed by atoms with Crippen LogP contribution in [-0.2, 0) is 4.74 Å². The lowest BCUT2D eigenvalue weighted by atomic mass is 10.0. The molecule has 2 rings (SSSR count). The molecule has 1 fully saturated rings. The maximum Gasteiger partial charge on any atom is 0.259 e. The van der Waals surface area contributed by atoms with E-state index in [4.69, 9.17) is 4.74 Å². The van der Waals surface area contributed by atoms with Crippen LogP contribution in [0.1, 0.15) is 29.6 Å². The first-order valence-corrected chi connectivity index (χ1v) is 7.65. The summed E-state index contributed by atoms with van der Waals surface area (Å²) >= 11 is 0. The molecule has 1 aliphatic rings. The molecule has 6 heteroatoms. The number of nitrogens with zero attached hydrogens (tertiary/aromatic N) is 1. The summed E-state index contributed by atoms with van der Waals surface area (Å²) < 4.78 is 5.05. The highest BCUT2D eigenvalue weighted by Crippen LogP contribution is 2.26. The number of phenolic OH excluding ortho intramolecular Hbond substituents is 2. The molecule has 6 nitrogen and oxygen atoms in total. The van der Waals surface area contributed by atoms with E-state index in [1.807, 2.05) is 0 Å². The van der Waals surface area contributed by atoms with Gasteiger partial charge in [-0.2, -0.15) is 0 Å². The molecule has 0 aliphatic carbocycles. The summed E-state index contributed by atoms with van der Waals surface area (Å²) in [6, 6.07) is 4.37. The number of rotatable bonds is 6. The predicted octanol–water partition coefficient (Wildman–Crippen LogP) is 1.33. The molecule has 1 heterocycles. The van der Waals surface area contributed by atoms with Crippen molar-refractivity contribution in [3.8, 4) is 11.5 Å². The molecule has 1 aliphatic heterocycles. The highest BCUT2D eigenvalue weighted by Gasteiger charge is 2.23. The summed E-state index contributed by atoms with van der Waals surface area (Å²) in [5, 5.41) is 22.3. The SMILES string of the molecule is COCCCN1CCC(NC(=O)c2c(O)cccc2O)CC1. The Balaban J connectivity index is 1.82. The Morgan fingerprint density at radius 2 is 1.95 bits per heavy atom. The lowest BCUT2D eigenvalue weighted by Crippen LogP contribution is -2.45. The van der Waals surface area contributed by atoms with E-state index in [0.29, 0.717) is 0 Å². The second kappa shape index (κ2) is 8.00. The lowest BCUT2D eigenvalue weighted by Gasteiger charge is -2.32. The average Bonchev–Trinajstić information content (AvgIpc) is 2.49. The number of benzene rings is 1. The number of ether oxygens (including phenoxy) is 1. The van der Waals surface area contributed by atoms with E-state index >= 15 is 0 Å². The molecule has 0 saturated carbocycles. The standard InChI is InChI=1S/C16H24N2O4/c1-22-11-3-8-18-9-6-12(7-10-18)17-16(21)15-13(19)4-2-5-14(15)20/h2,4-5,12,19-20H,3,6-11H2,1H3,(H,17,21). The third-order valence-corrected chi connectivity index (χ3v) is 3.99. The Hall–Kier alpha value is -1.79. The summed E-state index contributed by atoms with van der Waals surface area (Å²) in [5.74, 6) is -0.822.